The number of hydrogen-bond donors (Lipinski definition) is 3. The average Bonchev–Trinajstić information content (AvgIpc) is 3.40. The Morgan fingerprint density at radius 3 is 2.55 bits per heavy atom. The highest BCUT2D eigenvalue weighted by molar-refractivity contribution is 7.98. The third-order valence-electron chi connectivity index (χ3n) is 8.69. The zero-order valence-corrected chi connectivity index (χ0v) is 27.2. The van der Waals surface area contributed by atoms with Crippen LogP contribution in [0, 0.1) is 19.8 Å². The number of nitrogens with zero attached hydrogens (tertiary/aromatic N) is 2. The average molecular weight is 642 g/mol. The maximum absolute atomic E-state index is 13.8. The molecule has 1 aromatic carbocycles. The van der Waals surface area contributed by atoms with Gasteiger partial charge in [0.15, 0.2) is 11.5 Å². The van der Waals surface area contributed by atoms with E-state index in [1.54, 1.807) is 0 Å². The third-order valence-corrected chi connectivity index (χ3v) is 9.49. The molecular formula is C32H40ClN5O5S. The van der Waals surface area contributed by atoms with Gasteiger partial charge in [-0.3, -0.25) is 9.59 Å². The number of aryl methyl sites for hydroxylation is 1. The second-order valence-corrected chi connectivity index (χ2v) is 12.4. The monoisotopic (exact) mass is 641 g/mol. The quantitative estimate of drug-likeness (QED) is 0.322. The van der Waals surface area contributed by atoms with Crippen molar-refractivity contribution in [3.05, 3.63) is 63.2 Å². The zero-order chi connectivity index (χ0) is 30.1. The van der Waals surface area contributed by atoms with Gasteiger partial charge < -0.3 is 34.7 Å². The minimum absolute atomic E-state index is 0. The van der Waals surface area contributed by atoms with E-state index in [1.807, 2.05) is 57.5 Å². The Bertz CT molecular complexity index is 1570. The van der Waals surface area contributed by atoms with Gasteiger partial charge in [-0.1, -0.05) is 0 Å². The summed E-state index contributed by atoms with van der Waals surface area (Å²) < 4.78 is 18.8. The van der Waals surface area contributed by atoms with E-state index in [9.17, 15) is 9.59 Å². The molecule has 2 aromatic heterocycles. The molecule has 1 unspecified atom stereocenters. The van der Waals surface area contributed by atoms with Crippen LogP contribution in [0.5, 0.6) is 11.5 Å². The Labute approximate surface area is 268 Å². The molecule has 6 rings (SSSR count). The van der Waals surface area contributed by atoms with Crippen LogP contribution in [0.4, 0.5) is 5.82 Å². The summed E-state index contributed by atoms with van der Waals surface area (Å²) in [6.07, 6.45) is 5.62. The van der Waals surface area contributed by atoms with Crippen molar-refractivity contribution < 1.29 is 19.0 Å². The standard InChI is InChI=1S/C32H39N5O5S.ClH/c1-19-15-26(43-4)25(31(39)36-19)18-35-30(38)23-16-24(21-5-6-27(34-17-21)37-11-13-40-14-12-37)29-28(20(23)2)41-32(3,42-29)22-7-9-33-10-8-22;/h5-6,15-17,22,33H,7-14,18H2,1-4H3,(H,35,38)(H,36,39);1H. The maximum atomic E-state index is 13.8. The number of aromatic amines is 1. The number of H-pyrrole nitrogens is 1. The molecule has 2 fully saturated rings. The fourth-order valence-corrected chi connectivity index (χ4v) is 6.88. The summed E-state index contributed by atoms with van der Waals surface area (Å²) in [6, 6.07) is 7.81. The summed E-state index contributed by atoms with van der Waals surface area (Å²) in [5.41, 5.74) is 3.88. The van der Waals surface area contributed by atoms with Gasteiger partial charge in [-0.2, -0.15) is 0 Å². The molecule has 236 valence electrons. The van der Waals surface area contributed by atoms with E-state index < -0.39 is 5.79 Å². The maximum Gasteiger partial charge on any atom is 0.254 e. The lowest BCUT2D eigenvalue weighted by molar-refractivity contribution is -0.117. The number of carbonyl (C=O) groups is 1. The number of ether oxygens (including phenoxy) is 3. The molecule has 10 nitrogen and oxygen atoms in total. The molecule has 0 saturated carbocycles. The summed E-state index contributed by atoms with van der Waals surface area (Å²) in [6.45, 7) is 10.6. The molecular weight excluding hydrogens is 602 g/mol. The van der Waals surface area contributed by atoms with Crippen molar-refractivity contribution in [1.29, 1.82) is 0 Å². The third kappa shape index (κ3) is 6.28. The summed E-state index contributed by atoms with van der Waals surface area (Å²) in [4.78, 5) is 37.1. The summed E-state index contributed by atoms with van der Waals surface area (Å²) in [5, 5.41) is 6.40. The number of piperidine rings is 1. The van der Waals surface area contributed by atoms with Gasteiger partial charge in [0.05, 0.1) is 13.2 Å². The molecule has 3 aliphatic rings. The summed E-state index contributed by atoms with van der Waals surface area (Å²) in [5.74, 6) is 1.17. The zero-order valence-electron chi connectivity index (χ0n) is 25.6. The van der Waals surface area contributed by atoms with Gasteiger partial charge in [-0.25, -0.2) is 4.98 Å². The van der Waals surface area contributed by atoms with Gasteiger partial charge in [0.2, 0.25) is 0 Å². The molecule has 3 aliphatic heterocycles. The highest BCUT2D eigenvalue weighted by Crippen LogP contribution is 2.52. The smallest absolute Gasteiger partial charge is 0.254 e. The minimum atomic E-state index is -0.845. The molecule has 5 heterocycles. The van der Waals surface area contributed by atoms with Gasteiger partial charge in [0, 0.05) is 77.1 Å². The first-order valence-electron chi connectivity index (χ1n) is 14.9. The van der Waals surface area contributed by atoms with Crippen LogP contribution in [-0.2, 0) is 11.3 Å². The second-order valence-electron chi connectivity index (χ2n) is 11.5. The first-order valence-corrected chi connectivity index (χ1v) is 16.1. The van der Waals surface area contributed by atoms with Crippen LogP contribution in [0.25, 0.3) is 11.1 Å². The number of carbonyl (C=O) groups excluding carboxylic acids is 1. The summed E-state index contributed by atoms with van der Waals surface area (Å²) >= 11 is 1.49. The molecule has 3 N–H and O–H groups in total. The first kappa shape index (κ1) is 32.2. The van der Waals surface area contributed by atoms with Crippen molar-refractivity contribution in [3.63, 3.8) is 0 Å². The molecule has 0 spiro atoms. The topological polar surface area (TPSA) is 118 Å². The number of aromatic nitrogens is 2. The first-order chi connectivity index (χ1) is 20.8. The minimum Gasteiger partial charge on any atom is -0.448 e. The fourth-order valence-electron chi connectivity index (χ4n) is 6.17. The predicted molar refractivity (Wildman–Crippen MR) is 175 cm³/mol. The molecule has 12 heteroatoms. The number of rotatable bonds is 7. The highest BCUT2D eigenvalue weighted by Gasteiger charge is 2.46. The normalized spacial score (nSPS) is 19.9. The van der Waals surface area contributed by atoms with Gasteiger partial charge >= 0.3 is 0 Å². The van der Waals surface area contributed by atoms with E-state index in [4.69, 9.17) is 19.2 Å². The Hall–Kier alpha value is -3.25. The van der Waals surface area contributed by atoms with E-state index in [-0.39, 0.29) is 36.3 Å². The van der Waals surface area contributed by atoms with Gasteiger partial charge in [-0.05, 0) is 70.3 Å². The molecule has 0 bridgehead atoms. The number of pyridine rings is 2. The molecule has 1 amide bonds. The fraction of sp³-hybridized carbons (Fsp3) is 0.469. The lowest BCUT2D eigenvalue weighted by Gasteiger charge is -2.35. The van der Waals surface area contributed by atoms with Crippen molar-refractivity contribution in [2.24, 2.45) is 5.92 Å². The number of nitrogens with one attached hydrogen (secondary N) is 3. The number of fused-ring (bicyclic) bond motifs is 1. The SMILES string of the molecule is CSc1cc(C)[nH]c(=O)c1CNC(=O)c1cc(-c2ccc(N3CCOCC3)nc2)c2c(c1C)OC(C)(C1CCNCC1)O2.Cl. The molecule has 44 heavy (non-hydrogen) atoms. The Morgan fingerprint density at radius 2 is 1.86 bits per heavy atom. The van der Waals surface area contributed by atoms with Gasteiger partial charge in [-0.15, -0.1) is 24.2 Å². The molecule has 3 aromatic rings. The van der Waals surface area contributed by atoms with Crippen molar-refractivity contribution in [2.75, 3.05) is 50.5 Å². The number of benzene rings is 1. The van der Waals surface area contributed by atoms with Crippen LogP contribution in [0.2, 0.25) is 0 Å². The van der Waals surface area contributed by atoms with Gasteiger partial charge in [0.1, 0.15) is 5.82 Å². The number of hydrogen-bond acceptors (Lipinski definition) is 9. The van der Waals surface area contributed by atoms with Crippen LogP contribution in [0.15, 0.2) is 40.2 Å². The molecule has 0 radical (unpaired) electrons. The van der Waals surface area contributed by atoms with Crippen molar-refractivity contribution in [1.82, 2.24) is 20.6 Å². The Kier molecular flexibility index (Phi) is 9.79. The predicted octanol–water partition coefficient (Wildman–Crippen LogP) is 4.45. The number of morpholine rings is 1. The Balaban J connectivity index is 0.00000384. The molecule has 2 saturated heterocycles. The van der Waals surface area contributed by atoms with E-state index >= 15 is 0 Å². The molecule has 0 aliphatic carbocycles. The summed E-state index contributed by atoms with van der Waals surface area (Å²) in [7, 11) is 0. The van der Waals surface area contributed by atoms with Gasteiger partial charge in [0.25, 0.3) is 17.3 Å². The number of anilines is 1. The van der Waals surface area contributed by atoms with E-state index in [1.165, 1.54) is 11.8 Å². The van der Waals surface area contributed by atoms with Crippen LogP contribution >= 0.6 is 24.2 Å². The van der Waals surface area contributed by atoms with Crippen molar-refractivity contribution in [3.8, 4) is 22.6 Å². The second kappa shape index (κ2) is 13.4. The van der Waals surface area contributed by atoms with E-state index in [2.05, 4.69) is 20.5 Å². The van der Waals surface area contributed by atoms with E-state index in [0.717, 1.165) is 66.6 Å². The number of thioether (sulfide) groups is 1. The van der Waals surface area contributed by atoms with Crippen LogP contribution in [-0.4, -0.2) is 67.3 Å². The highest BCUT2D eigenvalue weighted by atomic mass is 35.5. The number of halogens is 1. The Morgan fingerprint density at radius 1 is 1.14 bits per heavy atom. The lowest BCUT2D eigenvalue weighted by atomic mass is 9.90. The van der Waals surface area contributed by atoms with Crippen LogP contribution < -0.4 is 30.6 Å². The van der Waals surface area contributed by atoms with Crippen molar-refractivity contribution in [2.45, 2.75) is 50.8 Å². The van der Waals surface area contributed by atoms with Crippen LogP contribution in [0.1, 0.15) is 46.9 Å². The number of amides is 1. The molecule has 1 atom stereocenters. The largest absolute Gasteiger partial charge is 0.448 e. The van der Waals surface area contributed by atoms with Crippen molar-refractivity contribution >= 4 is 35.9 Å². The lowest BCUT2D eigenvalue weighted by Crippen LogP contribution is -2.47. The van der Waals surface area contributed by atoms with E-state index in [0.29, 0.717) is 41.4 Å². The van der Waals surface area contributed by atoms with Crippen LogP contribution in [0.3, 0.4) is 0 Å².